The maximum absolute atomic E-state index is 12.8. The first-order valence-corrected chi connectivity index (χ1v) is 5.45. The van der Waals surface area contributed by atoms with Gasteiger partial charge in [0.15, 0.2) is 11.5 Å². The van der Waals surface area contributed by atoms with Crippen LogP contribution in [0.1, 0.15) is 5.56 Å². The standard InChI is InChI=1S/C12H14F3NO4/c1-19-8-4-3-7(5-9(8)20-2)6-11(16,10(17)18)12(13,14)15/h3-5H,6,16H2,1-2H3,(H,17,18). The number of carboxylic acids is 1. The van der Waals surface area contributed by atoms with Gasteiger partial charge in [0.1, 0.15) is 0 Å². The minimum atomic E-state index is -5.08. The van der Waals surface area contributed by atoms with E-state index in [2.05, 4.69) is 0 Å². The summed E-state index contributed by atoms with van der Waals surface area (Å²) in [5.41, 5.74) is 1.73. The number of hydrogen-bond donors (Lipinski definition) is 2. The third kappa shape index (κ3) is 2.96. The number of carbonyl (C=O) groups is 1. The number of halogens is 3. The Labute approximate surface area is 113 Å². The highest BCUT2D eigenvalue weighted by Gasteiger charge is 2.58. The van der Waals surface area contributed by atoms with Crippen molar-refractivity contribution < 1.29 is 32.5 Å². The second-order valence-electron chi connectivity index (χ2n) is 4.14. The third-order valence-electron chi connectivity index (χ3n) is 2.82. The molecule has 3 N–H and O–H groups in total. The van der Waals surface area contributed by atoms with Gasteiger partial charge in [-0.25, -0.2) is 4.79 Å². The normalized spacial score (nSPS) is 14.5. The van der Waals surface area contributed by atoms with E-state index in [1.807, 2.05) is 0 Å². The van der Waals surface area contributed by atoms with E-state index in [9.17, 15) is 18.0 Å². The van der Waals surface area contributed by atoms with E-state index in [1.165, 1.54) is 32.4 Å². The van der Waals surface area contributed by atoms with Crippen molar-refractivity contribution in [1.82, 2.24) is 0 Å². The molecule has 0 bridgehead atoms. The molecule has 1 aromatic carbocycles. The number of aliphatic carboxylic acids is 1. The van der Waals surface area contributed by atoms with E-state index in [0.717, 1.165) is 0 Å². The minimum absolute atomic E-state index is 0.0740. The Hall–Kier alpha value is -1.96. The van der Waals surface area contributed by atoms with Crippen molar-refractivity contribution in [2.45, 2.75) is 18.1 Å². The van der Waals surface area contributed by atoms with E-state index in [0.29, 0.717) is 5.75 Å². The molecule has 0 aliphatic carbocycles. The van der Waals surface area contributed by atoms with Crippen molar-refractivity contribution in [2.24, 2.45) is 5.73 Å². The monoisotopic (exact) mass is 293 g/mol. The molecule has 0 heterocycles. The molecule has 0 aliphatic rings. The fourth-order valence-electron chi connectivity index (χ4n) is 1.61. The highest BCUT2D eigenvalue weighted by molar-refractivity contribution is 5.80. The highest BCUT2D eigenvalue weighted by Crippen LogP contribution is 2.34. The summed E-state index contributed by atoms with van der Waals surface area (Å²) in [6, 6.07) is 3.94. The second-order valence-corrected chi connectivity index (χ2v) is 4.14. The molecular weight excluding hydrogens is 279 g/mol. The molecule has 0 radical (unpaired) electrons. The van der Waals surface area contributed by atoms with Crippen molar-refractivity contribution in [3.05, 3.63) is 23.8 Å². The number of nitrogens with two attached hydrogens (primary N) is 1. The molecule has 5 nitrogen and oxygen atoms in total. The molecule has 0 spiro atoms. The van der Waals surface area contributed by atoms with E-state index in [1.54, 1.807) is 0 Å². The summed E-state index contributed by atoms with van der Waals surface area (Å²) in [6.07, 6.45) is -5.99. The van der Waals surface area contributed by atoms with Gasteiger partial charge >= 0.3 is 12.1 Å². The Morgan fingerprint density at radius 1 is 1.25 bits per heavy atom. The zero-order valence-corrected chi connectivity index (χ0v) is 10.8. The van der Waals surface area contributed by atoms with Crippen molar-refractivity contribution in [1.29, 1.82) is 0 Å². The quantitative estimate of drug-likeness (QED) is 0.861. The molecule has 0 amide bonds. The molecule has 1 unspecified atom stereocenters. The summed E-state index contributed by atoms with van der Waals surface area (Å²) in [5, 5.41) is 8.76. The van der Waals surface area contributed by atoms with Crippen LogP contribution in [0.4, 0.5) is 13.2 Å². The molecule has 0 aromatic heterocycles. The van der Waals surface area contributed by atoms with Gasteiger partial charge in [-0.3, -0.25) is 0 Å². The maximum atomic E-state index is 12.8. The Morgan fingerprint density at radius 2 is 1.80 bits per heavy atom. The van der Waals surface area contributed by atoms with Crippen molar-refractivity contribution in [3.63, 3.8) is 0 Å². The zero-order valence-electron chi connectivity index (χ0n) is 10.8. The largest absolute Gasteiger partial charge is 0.493 e. The van der Waals surface area contributed by atoms with Gasteiger partial charge in [-0.1, -0.05) is 6.07 Å². The van der Waals surface area contributed by atoms with Gasteiger partial charge in [0.05, 0.1) is 14.2 Å². The van der Waals surface area contributed by atoms with Gasteiger partial charge in [0.25, 0.3) is 0 Å². The number of alkyl halides is 3. The van der Waals surface area contributed by atoms with E-state index >= 15 is 0 Å². The Balaban J connectivity index is 3.16. The van der Waals surface area contributed by atoms with Crippen molar-refractivity contribution in [2.75, 3.05) is 14.2 Å². The molecule has 0 saturated heterocycles. The lowest BCUT2D eigenvalue weighted by Crippen LogP contribution is -2.61. The van der Waals surface area contributed by atoms with Gasteiger partial charge < -0.3 is 20.3 Å². The summed E-state index contributed by atoms with van der Waals surface area (Å²) in [7, 11) is 2.69. The molecule has 0 aliphatic heterocycles. The molecule has 20 heavy (non-hydrogen) atoms. The number of hydrogen-bond acceptors (Lipinski definition) is 4. The molecule has 0 fully saturated rings. The van der Waals surface area contributed by atoms with Crippen molar-refractivity contribution >= 4 is 5.97 Å². The SMILES string of the molecule is COc1ccc(CC(N)(C(=O)O)C(F)(F)F)cc1OC. The van der Waals surface area contributed by atoms with Crippen LogP contribution >= 0.6 is 0 Å². The van der Waals surface area contributed by atoms with Crippen LogP contribution in [-0.4, -0.2) is 37.0 Å². The zero-order chi connectivity index (χ0) is 15.6. The lowest BCUT2D eigenvalue weighted by Gasteiger charge is -2.27. The number of benzene rings is 1. The van der Waals surface area contributed by atoms with Gasteiger partial charge in [-0.05, 0) is 17.7 Å². The van der Waals surface area contributed by atoms with Crippen LogP contribution in [-0.2, 0) is 11.2 Å². The predicted octanol–water partition coefficient (Wildman–Crippen LogP) is 1.59. The maximum Gasteiger partial charge on any atom is 0.417 e. The molecule has 112 valence electrons. The van der Waals surface area contributed by atoms with Gasteiger partial charge in [0.2, 0.25) is 5.54 Å². The first kappa shape index (κ1) is 16.1. The lowest BCUT2D eigenvalue weighted by molar-refractivity contribution is -0.201. The van der Waals surface area contributed by atoms with Crippen LogP contribution in [0, 0.1) is 0 Å². The number of rotatable bonds is 5. The summed E-state index contributed by atoms with van der Waals surface area (Å²) in [5.74, 6) is -1.62. The number of methoxy groups -OCH3 is 2. The second kappa shape index (κ2) is 5.58. The first-order chi connectivity index (χ1) is 9.15. The lowest BCUT2D eigenvalue weighted by atomic mass is 9.91. The Kier molecular flexibility index (Phi) is 4.49. The molecule has 1 aromatic rings. The summed E-state index contributed by atoms with van der Waals surface area (Å²) < 4.78 is 48.3. The van der Waals surface area contributed by atoms with Crippen LogP contribution in [0.25, 0.3) is 0 Å². The average Bonchev–Trinajstić information content (AvgIpc) is 2.36. The van der Waals surface area contributed by atoms with Gasteiger partial charge in [0, 0.05) is 6.42 Å². The van der Waals surface area contributed by atoms with Crippen LogP contribution < -0.4 is 15.2 Å². The molecule has 1 atom stereocenters. The van der Waals surface area contributed by atoms with Gasteiger partial charge in [-0.15, -0.1) is 0 Å². The van der Waals surface area contributed by atoms with E-state index in [-0.39, 0.29) is 11.3 Å². The Morgan fingerprint density at radius 3 is 2.20 bits per heavy atom. The fraction of sp³-hybridized carbons (Fsp3) is 0.417. The van der Waals surface area contributed by atoms with Crippen molar-refractivity contribution in [3.8, 4) is 11.5 Å². The topological polar surface area (TPSA) is 81.8 Å². The number of carboxylic acid groups (broad SMARTS) is 1. The van der Waals surface area contributed by atoms with Crippen LogP contribution in [0.15, 0.2) is 18.2 Å². The molecular formula is C12H14F3NO4. The smallest absolute Gasteiger partial charge is 0.417 e. The fourth-order valence-corrected chi connectivity index (χ4v) is 1.61. The molecule has 8 heteroatoms. The van der Waals surface area contributed by atoms with E-state index < -0.39 is 24.1 Å². The summed E-state index contributed by atoms with van der Waals surface area (Å²) in [4.78, 5) is 10.8. The first-order valence-electron chi connectivity index (χ1n) is 5.45. The predicted molar refractivity (Wildman–Crippen MR) is 63.9 cm³/mol. The molecule has 1 rings (SSSR count). The summed E-state index contributed by atoms with van der Waals surface area (Å²) in [6.45, 7) is 0. The van der Waals surface area contributed by atoms with E-state index in [4.69, 9.17) is 20.3 Å². The number of ether oxygens (including phenoxy) is 2. The van der Waals surface area contributed by atoms with Gasteiger partial charge in [-0.2, -0.15) is 13.2 Å². The highest BCUT2D eigenvalue weighted by atomic mass is 19.4. The molecule has 0 saturated carbocycles. The van der Waals surface area contributed by atoms with Crippen LogP contribution in [0.5, 0.6) is 11.5 Å². The average molecular weight is 293 g/mol. The minimum Gasteiger partial charge on any atom is -0.493 e. The third-order valence-corrected chi connectivity index (χ3v) is 2.82. The summed E-state index contributed by atoms with van der Waals surface area (Å²) >= 11 is 0. The van der Waals surface area contributed by atoms with Crippen LogP contribution in [0.3, 0.4) is 0 Å². The van der Waals surface area contributed by atoms with Crippen LogP contribution in [0.2, 0.25) is 0 Å². The Bertz CT molecular complexity index is 504.